The minimum Gasteiger partial charge on any atom is -0.412 e. The van der Waals surface area contributed by atoms with Gasteiger partial charge in [-0.3, -0.25) is 0 Å². The molecule has 0 saturated heterocycles. The van der Waals surface area contributed by atoms with Crippen molar-refractivity contribution in [2.24, 2.45) is 0 Å². The summed E-state index contributed by atoms with van der Waals surface area (Å²) in [6.45, 7) is 0. The maximum atomic E-state index is 0. The third kappa shape index (κ3) is 67.9. The summed E-state index contributed by atoms with van der Waals surface area (Å²) in [5.41, 5.74) is 0. The van der Waals surface area contributed by atoms with Gasteiger partial charge in [-0.05, 0) is 0 Å². The molecule has 4 nitrogen and oxygen atoms in total. The maximum Gasteiger partial charge on any atom is 0 e. The molecule has 6 heteroatoms. The molecule has 0 amide bonds. The van der Waals surface area contributed by atoms with Crippen LogP contribution in [0.2, 0.25) is 0 Å². The summed E-state index contributed by atoms with van der Waals surface area (Å²) in [5, 5.41) is 0. The van der Waals surface area contributed by atoms with Crippen LogP contribution in [-0.2, 0) is 40.2 Å². The molecule has 46 valence electrons. The van der Waals surface area contributed by atoms with Crippen molar-refractivity contribution in [1.29, 1.82) is 0 Å². The topological polar surface area (TPSA) is 126 Å². The van der Waals surface area contributed by atoms with Gasteiger partial charge in [-0.25, -0.2) is 0 Å². The number of rotatable bonds is 0. The second kappa shape index (κ2) is 125. The number of hydrogen-bond acceptors (Lipinski definition) is 0. The SMILES string of the molecule is O.O.O.O.[Tc].[Tc]. The zero-order valence-corrected chi connectivity index (χ0v) is 6.47. The van der Waals surface area contributed by atoms with Gasteiger partial charge in [-0.1, -0.05) is 0 Å². The van der Waals surface area contributed by atoms with Crippen molar-refractivity contribution < 1.29 is 62.1 Å². The van der Waals surface area contributed by atoms with Crippen LogP contribution in [-0.4, -0.2) is 21.9 Å². The van der Waals surface area contributed by atoms with Crippen LogP contribution in [0.5, 0.6) is 0 Å². The molecule has 0 heterocycles. The molecule has 0 rings (SSSR count). The molecule has 6 heavy (non-hydrogen) atoms. The van der Waals surface area contributed by atoms with Gasteiger partial charge in [0.1, 0.15) is 0 Å². The van der Waals surface area contributed by atoms with Gasteiger partial charge < -0.3 is 21.9 Å². The Balaban J connectivity index is 0. The van der Waals surface area contributed by atoms with Gasteiger partial charge in [-0.2, -0.15) is 0 Å². The van der Waals surface area contributed by atoms with Crippen molar-refractivity contribution in [2.45, 2.75) is 0 Å². The normalized spacial score (nSPS) is 0. The van der Waals surface area contributed by atoms with Gasteiger partial charge in [0, 0.05) is 40.2 Å². The smallest absolute Gasteiger partial charge is 0 e. The summed E-state index contributed by atoms with van der Waals surface area (Å²) in [4.78, 5) is 0. The zero-order valence-electron chi connectivity index (χ0n) is 2.76. The van der Waals surface area contributed by atoms with Crippen LogP contribution < -0.4 is 0 Å². The van der Waals surface area contributed by atoms with E-state index in [0.717, 1.165) is 0 Å². The predicted molar refractivity (Wildman–Crippen MR) is 14.5 cm³/mol. The van der Waals surface area contributed by atoms with E-state index < -0.39 is 0 Å². The minimum atomic E-state index is 0. The van der Waals surface area contributed by atoms with E-state index in [1.165, 1.54) is 0 Å². The molecule has 0 unspecified atom stereocenters. The number of hydrogen-bond donors (Lipinski definition) is 0. The molecule has 0 saturated carbocycles. The van der Waals surface area contributed by atoms with Gasteiger partial charge in [0.25, 0.3) is 0 Å². The van der Waals surface area contributed by atoms with E-state index in [-0.39, 0.29) is 62.1 Å². The van der Waals surface area contributed by atoms with E-state index in [9.17, 15) is 0 Å². The van der Waals surface area contributed by atoms with E-state index in [4.69, 9.17) is 0 Å². The van der Waals surface area contributed by atoms with Crippen LogP contribution in [0.25, 0.3) is 0 Å². The van der Waals surface area contributed by atoms with Crippen molar-refractivity contribution >= 4 is 0 Å². The van der Waals surface area contributed by atoms with E-state index in [1.807, 2.05) is 0 Å². The Labute approximate surface area is 62.2 Å². The molecule has 0 aliphatic carbocycles. The fourth-order valence-corrected chi connectivity index (χ4v) is 0. The Morgan fingerprint density at radius 2 is 0.333 bits per heavy atom. The summed E-state index contributed by atoms with van der Waals surface area (Å²) in [5.74, 6) is 0. The Kier molecular flexibility index (Phi) is 4320. The first kappa shape index (κ1) is 207. The second-order valence-electron chi connectivity index (χ2n) is 0. The monoisotopic (exact) mass is 266 g/mol. The Morgan fingerprint density at radius 3 is 0.333 bits per heavy atom. The molecule has 0 aliphatic heterocycles. The van der Waals surface area contributed by atoms with E-state index >= 15 is 0 Å². The molecular formula is H8O4Tc2. The second-order valence-corrected chi connectivity index (χ2v) is 0. The van der Waals surface area contributed by atoms with Gasteiger partial charge in [0.05, 0.1) is 0 Å². The van der Waals surface area contributed by atoms with Crippen LogP contribution in [0.3, 0.4) is 0 Å². The van der Waals surface area contributed by atoms with Crippen LogP contribution in [0.4, 0.5) is 0 Å². The molecule has 2 radical (unpaired) electrons. The molecule has 0 aromatic heterocycles. The average Bonchev–Trinajstić information content (AvgIpc) is 0. The Morgan fingerprint density at radius 1 is 0.333 bits per heavy atom. The quantitative estimate of drug-likeness (QED) is 0.436. The molecule has 8 N–H and O–H groups in total. The van der Waals surface area contributed by atoms with Gasteiger partial charge >= 0.3 is 0 Å². The fourth-order valence-electron chi connectivity index (χ4n) is 0. The van der Waals surface area contributed by atoms with Crippen LogP contribution in [0.1, 0.15) is 0 Å². The van der Waals surface area contributed by atoms with Crippen LogP contribution in [0, 0.1) is 0 Å². The van der Waals surface area contributed by atoms with Crippen molar-refractivity contribution in [2.75, 3.05) is 0 Å². The third-order valence-corrected chi connectivity index (χ3v) is 0. The van der Waals surface area contributed by atoms with Crippen molar-refractivity contribution in [3.05, 3.63) is 0 Å². The van der Waals surface area contributed by atoms with Gasteiger partial charge in [0.2, 0.25) is 0 Å². The molecule has 0 aromatic rings. The first-order valence-corrected chi connectivity index (χ1v) is 0. The van der Waals surface area contributed by atoms with Crippen molar-refractivity contribution in [3.63, 3.8) is 0 Å². The van der Waals surface area contributed by atoms with E-state index in [2.05, 4.69) is 0 Å². The standard InChI is InChI=1S/4H2O.2Tc/h4*1H2;;. The predicted octanol–water partition coefficient (Wildman–Crippen LogP) is -3.30. The maximum absolute atomic E-state index is 0. The zero-order chi connectivity index (χ0) is 0. The van der Waals surface area contributed by atoms with Crippen LogP contribution in [0.15, 0.2) is 0 Å². The summed E-state index contributed by atoms with van der Waals surface area (Å²) < 4.78 is 0. The Hall–Kier alpha value is 1.14. The molecular weight excluding hydrogens is 260 g/mol. The molecule has 0 spiro atoms. The Bertz CT molecular complexity index is 5.51. The molecule has 0 aromatic carbocycles. The summed E-state index contributed by atoms with van der Waals surface area (Å²) in [6, 6.07) is 0. The molecule has 0 atom stereocenters. The van der Waals surface area contributed by atoms with Gasteiger partial charge in [0.15, 0.2) is 0 Å². The largest absolute Gasteiger partial charge is 0.412 e. The first-order valence-electron chi connectivity index (χ1n) is 0. The summed E-state index contributed by atoms with van der Waals surface area (Å²) >= 11 is 0. The molecule has 0 bridgehead atoms. The first-order chi connectivity index (χ1) is 0. The van der Waals surface area contributed by atoms with E-state index in [0.29, 0.717) is 0 Å². The summed E-state index contributed by atoms with van der Waals surface area (Å²) in [7, 11) is 0. The molecule has 0 aliphatic rings. The molecule has 0 fully saturated rings. The third-order valence-electron chi connectivity index (χ3n) is 0. The van der Waals surface area contributed by atoms with Crippen LogP contribution >= 0.6 is 0 Å². The van der Waals surface area contributed by atoms with E-state index in [1.54, 1.807) is 0 Å². The van der Waals surface area contributed by atoms with Gasteiger partial charge in [-0.15, -0.1) is 0 Å². The fraction of sp³-hybridized carbons (Fsp3) is 0. The van der Waals surface area contributed by atoms with Crippen molar-refractivity contribution in [1.82, 2.24) is 0 Å². The minimum absolute atomic E-state index is 0. The average molecular weight is 268 g/mol. The van der Waals surface area contributed by atoms with Crippen molar-refractivity contribution in [3.8, 4) is 0 Å². The summed E-state index contributed by atoms with van der Waals surface area (Å²) in [6.07, 6.45) is 0.